The molecule has 7 nitrogen and oxygen atoms in total. The first-order chi connectivity index (χ1) is 14.1. The summed E-state index contributed by atoms with van der Waals surface area (Å²) in [5, 5.41) is 14.8. The van der Waals surface area contributed by atoms with Gasteiger partial charge in [-0.05, 0) is 37.8 Å². The maximum Gasteiger partial charge on any atom is 0.511 e. The van der Waals surface area contributed by atoms with Crippen LogP contribution in [0.5, 0.6) is 0 Å². The molecule has 0 amide bonds. The van der Waals surface area contributed by atoms with Gasteiger partial charge in [-0.3, -0.25) is 0 Å². The number of sulfonamides is 1. The van der Waals surface area contributed by atoms with Crippen LogP contribution < -0.4 is 10.6 Å². The number of nitrogens with zero attached hydrogens (tertiary/aromatic N) is 3. The topological polar surface area (TPSA) is 97.6 Å². The van der Waals surface area contributed by atoms with Gasteiger partial charge < -0.3 is 10.6 Å². The highest BCUT2D eigenvalue weighted by atomic mass is 32.2. The SMILES string of the molecule is CCNC(=NCc1ccc(C#N)cc1F)NCC1CCN(S(=O)(=O)C(F)(F)F)CC1. The molecule has 2 rings (SSSR count). The molecule has 1 saturated heterocycles. The highest BCUT2D eigenvalue weighted by Crippen LogP contribution is 2.30. The summed E-state index contributed by atoms with van der Waals surface area (Å²) in [6.07, 6.45) is 0.567. The number of aliphatic imine (C=N–C) groups is 1. The summed E-state index contributed by atoms with van der Waals surface area (Å²) in [5.41, 5.74) is -4.76. The monoisotopic (exact) mass is 449 g/mol. The Kier molecular flexibility index (Phi) is 8.03. The minimum atomic E-state index is -5.29. The molecule has 1 aliphatic heterocycles. The number of alkyl halides is 3. The van der Waals surface area contributed by atoms with Crippen LogP contribution in [0.25, 0.3) is 0 Å². The maximum atomic E-state index is 14.0. The standard InChI is InChI=1S/C18H23F4N5O2S/c1-2-24-17(26-12-15-4-3-14(10-23)9-16(15)19)25-11-13-5-7-27(8-6-13)30(28,29)18(20,21)22/h3-4,9,13H,2,5-8,11-12H2,1H3,(H2,24,25,26). The summed E-state index contributed by atoms with van der Waals surface area (Å²) in [6.45, 7) is 2.43. The van der Waals surface area contributed by atoms with E-state index in [4.69, 9.17) is 5.26 Å². The molecule has 0 aliphatic carbocycles. The lowest BCUT2D eigenvalue weighted by Crippen LogP contribution is -2.47. The first kappa shape index (κ1) is 23.9. The Balaban J connectivity index is 1.91. The first-order valence-electron chi connectivity index (χ1n) is 9.35. The van der Waals surface area contributed by atoms with E-state index in [1.165, 1.54) is 12.1 Å². The molecule has 1 aromatic carbocycles. The van der Waals surface area contributed by atoms with Crippen LogP contribution in [0.15, 0.2) is 23.2 Å². The fourth-order valence-electron chi connectivity index (χ4n) is 2.99. The highest BCUT2D eigenvalue weighted by Gasteiger charge is 2.50. The molecule has 0 radical (unpaired) electrons. The number of hydrogen-bond acceptors (Lipinski definition) is 4. The van der Waals surface area contributed by atoms with E-state index < -0.39 is 21.3 Å². The molecule has 12 heteroatoms. The van der Waals surface area contributed by atoms with E-state index in [1.54, 1.807) is 0 Å². The first-order valence-corrected chi connectivity index (χ1v) is 10.8. The summed E-state index contributed by atoms with van der Waals surface area (Å²) < 4.78 is 75.3. The number of nitrogens with one attached hydrogen (secondary N) is 2. The van der Waals surface area contributed by atoms with Crippen molar-refractivity contribution in [2.45, 2.75) is 31.8 Å². The van der Waals surface area contributed by atoms with Gasteiger partial charge in [-0.1, -0.05) is 6.07 Å². The van der Waals surface area contributed by atoms with Crippen LogP contribution in [0.3, 0.4) is 0 Å². The number of piperidine rings is 1. The van der Waals surface area contributed by atoms with Crippen LogP contribution in [0.1, 0.15) is 30.9 Å². The molecular formula is C18H23F4N5O2S. The molecule has 0 saturated carbocycles. The zero-order valence-corrected chi connectivity index (χ0v) is 17.2. The van der Waals surface area contributed by atoms with E-state index in [0.717, 1.165) is 6.07 Å². The van der Waals surface area contributed by atoms with Gasteiger partial charge in [0.25, 0.3) is 0 Å². The van der Waals surface area contributed by atoms with Crippen molar-refractivity contribution < 1.29 is 26.0 Å². The zero-order chi connectivity index (χ0) is 22.4. The summed E-state index contributed by atoms with van der Waals surface area (Å²) in [4.78, 5) is 4.29. The molecule has 30 heavy (non-hydrogen) atoms. The van der Waals surface area contributed by atoms with E-state index in [0.29, 0.717) is 28.9 Å². The van der Waals surface area contributed by atoms with Crippen molar-refractivity contribution in [3.63, 3.8) is 0 Å². The van der Waals surface area contributed by atoms with E-state index >= 15 is 0 Å². The van der Waals surface area contributed by atoms with Gasteiger partial charge in [0.1, 0.15) is 5.82 Å². The molecule has 166 valence electrons. The predicted molar refractivity (Wildman–Crippen MR) is 103 cm³/mol. The fourth-order valence-corrected chi connectivity index (χ4v) is 3.98. The number of nitriles is 1. The lowest BCUT2D eigenvalue weighted by molar-refractivity contribution is -0.0496. The van der Waals surface area contributed by atoms with Crippen LogP contribution in [0, 0.1) is 23.1 Å². The van der Waals surface area contributed by atoms with Crippen LogP contribution in [-0.2, 0) is 16.6 Å². The van der Waals surface area contributed by atoms with Crippen LogP contribution >= 0.6 is 0 Å². The number of hydrogen-bond donors (Lipinski definition) is 2. The van der Waals surface area contributed by atoms with Crippen molar-refractivity contribution in [3.05, 3.63) is 35.1 Å². The van der Waals surface area contributed by atoms with Crippen molar-refractivity contribution in [1.82, 2.24) is 14.9 Å². The summed E-state index contributed by atoms with van der Waals surface area (Å²) in [6, 6.07) is 5.97. The number of guanidine groups is 1. The maximum absolute atomic E-state index is 14.0. The number of halogens is 4. The molecule has 2 N–H and O–H groups in total. The van der Waals surface area contributed by atoms with Gasteiger partial charge in [0.2, 0.25) is 0 Å². The third-order valence-corrected chi connectivity index (χ3v) is 6.33. The van der Waals surface area contributed by atoms with E-state index in [-0.39, 0.29) is 44.0 Å². The van der Waals surface area contributed by atoms with Crippen molar-refractivity contribution in [2.24, 2.45) is 10.9 Å². The second-order valence-corrected chi connectivity index (χ2v) is 8.72. The Hall–Kier alpha value is -2.39. The van der Waals surface area contributed by atoms with Gasteiger partial charge in [-0.15, -0.1) is 0 Å². The second-order valence-electron chi connectivity index (χ2n) is 6.79. The largest absolute Gasteiger partial charge is 0.511 e. The van der Waals surface area contributed by atoms with E-state index in [1.807, 2.05) is 13.0 Å². The lowest BCUT2D eigenvalue weighted by Gasteiger charge is -2.31. The average Bonchev–Trinajstić information content (AvgIpc) is 2.70. The van der Waals surface area contributed by atoms with Crippen molar-refractivity contribution in [1.29, 1.82) is 5.26 Å². The van der Waals surface area contributed by atoms with Crippen LogP contribution in [-0.4, -0.2) is 50.4 Å². The lowest BCUT2D eigenvalue weighted by atomic mass is 9.98. The highest BCUT2D eigenvalue weighted by molar-refractivity contribution is 7.90. The average molecular weight is 449 g/mol. The normalized spacial score (nSPS) is 16.9. The molecule has 0 spiro atoms. The molecule has 0 bridgehead atoms. The number of rotatable bonds is 6. The molecule has 1 aromatic rings. The molecule has 0 aromatic heterocycles. The molecule has 1 aliphatic rings. The smallest absolute Gasteiger partial charge is 0.357 e. The minimum absolute atomic E-state index is 0.0276. The molecule has 1 fully saturated rings. The number of benzene rings is 1. The van der Waals surface area contributed by atoms with Crippen molar-refractivity contribution in [2.75, 3.05) is 26.2 Å². The minimum Gasteiger partial charge on any atom is -0.357 e. The van der Waals surface area contributed by atoms with Gasteiger partial charge in [0, 0.05) is 31.7 Å². The summed E-state index contributed by atoms with van der Waals surface area (Å²) in [7, 11) is -5.29. The zero-order valence-electron chi connectivity index (χ0n) is 16.3. The third-order valence-electron chi connectivity index (χ3n) is 4.70. The summed E-state index contributed by atoms with van der Waals surface area (Å²) >= 11 is 0. The molecule has 0 atom stereocenters. The Morgan fingerprint density at radius 3 is 2.50 bits per heavy atom. The predicted octanol–water partition coefficient (Wildman–Crippen LogP) is 2.31. The van der Waals surface area contributed by atoms with Gasteiger partial charge >= 0.3 is 15.5 Å². The fraction of sp³-hybridized carbons (Fsp3) is 0.556. The Labute approximate surface area is 172 Å². The Bertz CT molecular complexity index is 904. The van der Waals surface area contributed by atoms with Crippen LogP contribution in [0.4, 0.5) is 17.6 Å². The second kappa shape index (κ2) is 10.1. The van der Waals surface area contributed by atoms with Gasteiger partial charge in [0.05, 0.1) is 18.2 Å². The molecular weight excluding hydrogens is 426 g/mol. The van der Waals surface area contributed by atoms with Gasteiger partial charge in [-0.2, -0.15) is 22.7 Å². The summed E-state index contributed by atoms with van der Waals surface area (Å²) in [5.74, 6) is -0.154. The van der Waals surface area contributed by atoms with E-state index in [2.05, 4.69) is 15.6 Å². The van der Waals surface area contributed by atoms with Crippen molar-refractivity contribution in [3.8, 4) is 6.07 Å². The molecule has 1 heterocycles. The molecule has 0 unspecified atom stereocenters. The van der Waals surface area contributed by atoms with Gasteiger partial charge in [-0.25, -0.2) is 17.8 Å². The van der Waals surface area contributed by atoms with Crippen molar-refractivity contribution >= 4 is 16.0 Å². The Morgan fingerprint density at radius 1 is 1.30 bits per heavy atom. The Morgan fingerprint density at radius 2 is 1.97 bits per heavy atom. The quantitative estimate of drug-likeness (QED) is 0.395. The third kappa shape index (κ3) is 6.06. The van der Waals surface area contributed by atoms with Crippen LogP contribution in [0.2, 0.25) is 0 Å². The van der Waals surface area contributed by atoms with E-state index in [9.17, 15) is 26.0 Å². The van der Waals surface area contributed by atoms with Gasteiger partial charge in [0.15, 0.2) is 5.96 Å².